The maximum atomic E-state index is 13.5. The molecule has 0 fully saturated rings. The first-order chi connectivity index (χ1) is 7.52. The third-order valence-electron chi connectivity index (χ3n) is 1.99. The normalized spacial score (nSPS) is 10.8. The first-order valence-electron chi connectivity index (χ1n) is 4.06. The summed E-state index contributed by atoms with van der Waals surface area (Å²) < 4.78 is 43.8. The largest absolute Gasteiger partial charge is 0.367 e. The lowest BCUT2D eigenvalue weighted by Gasteiger charge is -2.04. The Bertz CT molecular complexity index is 556. The third kappa shape index (κ3) is 1.57. The lowest BCUT2D eigenvalue weighted by Crippen LogP contribution is -1.96. The van der Waals surface area contributed by atoms with Crippen molar-refractivity contribution in [2.75, 3.05) is 5.73 Å². The number of hydrogen-bond acceptors (Lipinski definition) is 3. The van der Waals surface area contributed by atoms with Gasteiger partial charge in [-0.05, 0) is 22.0 Å². The van der Waals surface area contributed by atoms with Crippen LogP contribution in [0.1, 0.15) is 0 Å². The molecule has 0 aliphatic rings. The van der Waals surface area contributed by atoms with E-state index in [2.05, 4.69) is 25.6 Å². The standard InChI is InChI=1S/C9H4BrF3N2O/c10-6-5(11)1-3(7(12)8(6)13)4-2-15-16-9(4)14/h1-2H,14H2. The van der Waals surface area contributed by atoms with E-state index in [1.807, 2.05) is 0 Å². The zero-order valence-electron chi connectivity index (χ0n) is 7.60. The molecule has 7 heteroatoms. The Morgan fingerprint density at radius 1 is 1.19 bits per heavy atom. The molecule has 0 spiro atoms. The first kappa shape index (κ1) is 11.0. The summed E-state index contributed by atoms with van der Waals surface area (Å²) in [6.07, 6.45) is 1.08. The van der Waals surface area contributed by atoms with Crippen molar-refractivity contribution in [1.29, 1.82) is 0 Å². The molecule has 0 bridgehead atoms. The summed E-state index contributed by atoms with van der Waals surface area (Å²) in [6.45, 7) is 0. The van der Waals surface area contributed by atoms with Crippen LogP contribution < -0.4 is 5.73 Å². The van der Waals surface area contributed by atoms with Crippen LogP contribution in [0, 0.1) is 17.5 Å². The molecule has 1 heterocycles. The van der Waals surface area contributed by atoms with E-state index in [0.717, 1.165) is 12.3 Å². The molecule has 3 nitrogen and oxygen atoms in total. The molecule has 1 aromatic carbocycles. The van der Waals surface area contributed by atoms with Gasteiger partial charge in [-0.3, -0.25) is 0 Å². The summed E-state index contributed by atoms with van der Waals surface area (Å²) in [6, 6.07) is 0.811. The molecule has 2 aromatic rings. The van der Waals surface area contributed by atoms with Crippen molar-refractivity contribution in [3.8, 4) is 11.1 Å². The van der Waals surface area contributed by atoms with Gasteiger partial charge in [0.1, 0.15) is 5.82 Å². The van der Waals surface area contributed by atoms with Crippen LogP contribution >= 0.6 is 15.9 Å². The average molecular weight is 293 g/mol. The van der Waals surface area contributed by atoms with Crippen LogP contribution in [0.2, 0.25) is 0 Å². The third-order valence-corrected chi connectivity index (χ3v) is 2.72. The number of halogens is 4. The quantitative estimate of drug-likeness (QED) is 0.649. The van der Waals surface area contributed by atoms with Crippen LogP contribution in [0.5, 0.6) is 0 Å². The number of nitrogen functional groups attached to an aromatic ring is 1. The lowest BCUT2D eigenvalue weighted by molar-refractivity contribution is 0.436. The molecule has 1 aromatic heterocycles. The highest BCUT2D eigenvalue weighted by Gasteiger charge is 2.20. The Kier molecular flexibility index (Phi) is 2.63. The molecular formula is C9H4BrF3N2O. The van der Waals surface area contributed by atoms with Gasteiger partial charge in [-0.1, -0.05) is 5.16 Å². The second kappa shape index (κ2) is 3.82. The van der Waals surface area contributed by atoms with Crippen molar-refractivity contribution >= 4 is 21.8 Å². The summed E-state index contributed by atoms with van der Waals surface area (Å²) in [5, 5.41) is 3.30. The van der Waals surface area contributed by atoms with Crippen LogP contribution in [0.25, 0.3) is 11.1 Å². The Hall–Kier alpha value is -1.50. The van der Waals surface area contributed by atoms with Crippen molar-refractivity contribution in [1.82, 2.24) is 5.16 Å². The fraction of sp³-hybridized carbons (Fsp3) is 0. The van der Waals surface area contributed by atoms with Crippen LogP contribution in [-0.2, 0) is 0 Å². The van der Waals surface area contributed by atoms with Gasteiger partial charge in [-0.15, -0.1) is 0 Å². The summed E-state index contributed by atoms with van der Waals surface area (Å²) in [7, 11) is 0. The van der Waals surface area contributed by atoms with Crippen molar-refractivity contribution in [2.45, 2.75) is 0 Å². The number of rotatable bonds is 1. The molecule has 0 saturated carbocycles. The molecule has 2 rings (SSSR count). The van der Waals surface area contributed by atoms with Gasteiger partial charge in [0, 0.05) is 5.56 Å². The molecule has 0 unspecified atom stereocenters. The molecule has 0 saturated heterocycles. The number of anilines is 1. The minimum Gasteiger partial charge on any atom is -0.367 e. The summed E-state index contributed by atoms with van der Waals surface area (Å²) in [5.74, 6) is -3.69. The maximum Gasteiger partial charge on any atom is 0.230 e. The van der Waals surface area contributed by atoms with Gasteiger partial charge in [0.25, 0.3) is 0 Å². The van der Waals surface area contributed by atoms with Crippen LogP contribution in [0.4, 0.5) is 19.1 Å². The Balaban J connectivity index is 2.72. The van der Waals surface area contributed by atoms with Crippen LogP contribution in [0.15, 0.2) is 21.3 Å². The van der Waals surface area contributed by atoms with Crippen molar-refractivity contribution in [3.63, 3.8) is 0 Å². The molecule has 0 atom stereocenters. The monoisotopic (exact) mass is 292 g/mol. The summed E-state index contributed by atoms with van der Waals surface area (Å²) >= 11 is 2.59. The minimum atomic E-state index is -1.32. The fourth-order valence-corrected chi connectivity index (χ4v) is 1.51. The van der Waals surface area contributed by atoms with Gasteiger partial charge < -0.3 is 10.3 Å². The second-order valence-electron chi connectivity index (χ2n) is 2.95. The first-order valence-corrected chi connectivity index (χ1v) is 4.85. The summed E-state index contributed by atoms with van der Waals surface area (Å²) in [5.41, 5.74) is 4.99. The van der Waals surface area contributed by atoms with Gasteiger partial charge >= 0.3 is 0 Å². The van der Waals surface area contributed by atoms with E-state index in [0.29, 0.717) is 0 Å². The van der Waals surface area contributed by atoms with Gasteiger partial charge in [-0.25, -0.2) is 13.2 Å². The van der Waals surface area contributed by atoms with E-state index >= 15 is 0 Å². The van der Waals surface area contributed by atoms with Gasteiger partial charge in [0.05, 0.1) is 16.2 Å². The van der Waals surface area contributed by atoms with Crippen molar-refractivity contribution < 1.29 is 17.7 Å². The molecule has 0 amide bonds. The van der Waals surface area contributed by atoms with Crippen molar-refractivity contribution in [2.24, 2.45) is 0 Å². The van der Waals surface area contributed by atoms with Crippen LogP contribution in [0.3, 0.4) is 0 Å². The molecule has 0 aliphatic carbocycles. The molecule has 84 valence electrons. The number of aromatic nitrogens is 1. The topological polar surface area (TPSA) is 52.0 Å². The van der Waals surface area contributed by atoms with E-state index in [1.165, 1.54) is 0 Å². The number of benzene rings is 1. The van der Waals surface area contributed by atoms with Gasteiger partial charge in [-0.2, -0.15) is 0 Å². The predicted octanol–water partition coefficient (Wildman–Crippen LogP) is 3.10. The summed E-state index contributed by atoms with van der Waals surface area (Å²) in [4.78, 5) is 0. The fourth-order valence-electron chi connectivity index (χ4n) is 1.22. The SMILES string of the molecule is Nc1oncc1-c1cc(F)c(Br)c(F)c1F. The van der Waals surface area contributed by atoms with E-state index in [-0.39, 0.29) is 17.0 Å². The van der Waals surface area contributed by atoms with Gasteiger partial charge in [0.2, 0.25) is 5.88 Å². The molecule has 0 aliphatic heterocycles. The Morgan fingerprint density at radius 2 is 1.88 bits per heavy atom. The highest BCUT2D eigenvalue weighted by molar-refractivity contribution is 9.10. The predicted molar refractivity (Wildman–Crippen MR) is 53.9 cm³/mol. The zero-order chi connectivity index (χ0) is 11.9. The molecule has 2 N–H and O–H groups in total. The highest BCUT2D eigenvalue weighted by atomic mass is 79.9. The number of nitrogens with two attached hydrogens (primary N) is 1. The molecule has 16 heavy (non-hydrogen) atoms. The minimum absolute atomic E-state index is 0.00259. The smallest absolute Gasteiger partial charge is 0.230 e. The average Bonchev–Trinajstić information content (AvgIpc) is 2.67. The van der Waals surface area contributed by atoms with E-state index < -0.39 is 21.9 Å². The highest BCUT2D eigenvalue weighted by Crippen LogP contribution is 2.33. The zero-order valence-corrected chi connectivity index (χ0v) is 9.19. The Morgan fingerprint density at radius 3 is 2.44 bits per heavy atom. The number of nitrogens with zero attached hydrogens (tertiary/aromatic N) is 1. The number of hydrogen-bond donors (Lipinski definition) is 1. The van der Waals surface area contributed by atoms with E-state index in [1.54, 1.807) is 0 Å². The second-order valence-corrected chi connectivity index (χ2v) is 3.74. The molecule has 0 radical (unpaired) electrons. The van der Waals surface area contributed by atoms with E-state index in [9.17, 15) is 13.2 Å². The van der Waals surface area contributed by atoms with E-state index in [4.69, 9.17) is 5.73 Å². The van der Waals surface area contributed by atoms with Crippen molar-refractivity contribution in [3.05, 3.63) is 34.2 Å². The maximum absolute atomic E-state index is 13.5. The Labute approximate surface area is 96.2 Å². The van der Waals surface area contributed by atoms with Gasteiger partial charge in [0.15, 0.2) is 11.6 Å². The van der Waals surface area contributed by atoms with Crippen LogP contribution in [-0.4, -0.2) is 5.16 Å². The lowest BCUT2D eigenvalue weighted by atomic mass is 10.1. The molecular weight excluding hydrogens is 289 g/mol.